The van der Waals surface area contributed by atoms with Crippen molar-refractivity contribution in [3.63, 3.8) is 0 Å². The zero-order valence-corrected chi connectivity index (χ0v) is 8.92. The van der Waals surface area contributed by atoms with E-state index in [9.17, 15) is 8.42 Å². The fourth-order valence-electron chi connectivity index (χ4n) is 1.04. The zero-order chi connectivity index (χ0) is 11.3. The smallest absolute Gasteiger partial charge is 0.238 e. The molecule has 0 aliphatic carbocycles. The molecule has 0 heterocycles. The fraction of sp³-hybridized carbons (Fsp3) is 0.200. The quantitative estimate of drug-likeness (QED) is 0.586. The maximum absolute atomic E-state index is 10.9. The number of primary sulfonamides is 1. The van der Waals surface area contributed by atoms with Crippen LogP contribution in [0.1, 0.15) is 6.42 Å². The summed E-state index contributed by atoms with van der Waals surface area (Å²) in [6.45, 7) is 0.658. The van der Waals surface area contributed by atoms with Crippen LogP contribution >= 0.6 is 0 Å². The summed E-state index contributed by atoms with van der Waals surface area (Å²) in [5.41, 5.74) is 0.817. The van der Waals surface area contributed by atoms with Crippen LogP contribution in [-0.2, 0) is 10.0 Å². The minimum atomic E-state index is -3.60. The Balaban J connectivity index is 2.70. The molecule has 0 spiro atoms. The molecule has 0 aliphatic rings. The highest BCUT2D eigenvalue weighted by Gasteiger charge is 2.05. The Morgan fingerprint density at radius 3 is 2.40 bits per heavy atom. The van der Waals surface area contributed by atoms with Crippen molar-refractivity contribution in [2.75, 3.05) is 11.9 Å². The minimum Gasteiger partial charge on any atom is -0.384 e. The molecule has 0 atom stereocenters. The molecule has 0 saturated carbocycles. The first-order chi connectivity index (χ1) is 7.04. The van der Waals surface area contributed by atoms with Gasteiger partial charge in [0.25, 0.3) is 0 Å². The molecule has 0 saturated heterocycles. The van der Waals surface area contributed by atoms with E-state index in [4.69, 9.17) is 11.6 Å². The number of anilines is 1. The fourth-order valence-corrected chi connectivity index (χ4v) is 1.56. The summed E-state index contributed by atoms with van der Waals surface area (Å²) in [6, 6.07) is 6.20. The topological polar surface area (TPSA) is 72.2 Å². The van der Waals surface area contributed by atoms with Crippen LogP contribution in [0.2, 0.25) is 0 Å². The summed E-state index contributed by atoms with van der Waals surface area (Å²) >= 11 is 0. The van der Waals surface area contributed by atoms with Crippen molar-refractivity contribution in [1.29, 1.82) is 0 Å². The van der Waals surface area contributed by atoms with Crippen molar-refractivity contribution >= 4 is 15.7 Å². The number of hydrogen-bond donors (Lipinski definition) is 2. The average molecular weight is 224 g/mol. The van der Waals surface area contributed by atoms with E-state index in [1.807, 2.05) is 0 Å². The van der Waals surface area contributed by atoms with Gasteiger partial charge in [0.15, 0.2) is 0 Å². The number of benzene rings is 1. The molecular formula is C10H12N2O2S. The lowest BCUT2D eigenvalue weighted by molar-refractivity contribution is 0.598. The molecule has 1 rings (SSSR count). The number of nitrogens with one attached hydrogen (secondary N) is 1. The SMILES string of the molecule is C#CCCNc1ccc(S(N)(=O)=O)cc1. The molecule has 0 bridgehead atoms. The van der Waals surface area contributed by atoms with Gasteiger partial charge in [-0.2, -0.15) is 0 Å². The Hall–Kier alpha value is -1.51. The van der Waals surface area contributed by atoms with E-state index < -0.39 is 10.0 Å². The second kappa shape index (κ2) is 4.82. The molecular weight excluding hydrogens is 212 g/mol. The van der Waals surface area contributed by atoms with Gasteiger partial charge in [-0.1, -0.05) is 0 Å². The van der Waals surface area contributed by atoms with Crippen LogP contribution in [0.3, 0.4) is 0 Å². The van der Waals surface area contributed by atoms with Crippen LogP contribution < -0.4 is 10.5 Å². The number of sulfonamides is 1. The summed E-state index contributed by atoms with van der Waals surface area (Å²) in [7, 11) is -3.60. The van der Waals surface area contributed by atoms with E-state index in [0.717, 1.165) is 5.69 Å². The van der Waals surface area contributed by atoms with Crippen LogP contribution in [0.5, 0.6) is 0 Å². The van der Waals surface area contributed by atoms with Crippen LogP contribution in [0.4, 0.5) is 5.69 Å². The first-order valence-electron chi connectivity index (χ1n) is 4.34. The number of terminal acetylenes is 1. The molecule has 4 nitrogen and oxygen atoms in total. The highest BCUT2D eigenvalue weighted by Crippen LogP contribution is 2.12. The monoisotopic (exact) mass is 224 g/mol. The van der Waals surface area contributed by atoms with Gasteiger partial charge in [-0.15, -0.1) is 12.3 Å². The Kier molecular flexibility index (Phi) is 3.72. The third kappa shape index (κ3) is 3.62. The second-order valence-electron chi connectivity index (χ2n) is 2.95. The predicted octanol–water partition coefficient (Wildman–Crippen LogP) is 0.769. The van der Waals surface area contributed by atoms with E-state index in [1.54, 1.807) is 12.1 Å². The highest BCUT2D eigenvalue weighted by molar-refractivity contribution is 7.89. The summed E-state index contributed by atoms with van der Waals surface area (Å²) in [5, 5.41) is 8.00. The molecule has 3 N–H and O–H groups in total. The van der Waals surface area contributed by atoms with Crippen molar-refractivity contribution in [3.05, 3.63) is 24.3 Å². The number of hydrogen-bond acceptors (Lipinski definition) is 3. The van der Waals surface area contributed by atoms with E-state index >= 15 is 0 Å². The van der Waals surface area contributed by atoms with E-state index in [0.29, 0.717) is 13.0 Å². The van der Waals surface area contributed by atoms with Crippen LogP contribution in [0, 0.1) is 12.3 Å². The lowest BCUT2D eigenvalue weighted by atomic mass is 10.3. The van der Waals surface area contributed by atoms with Crippen molar-refractivity contribution in [3.8, 4) is 12.3 Å². The van der Waals surface area contributed by atoms with Gasteiger partial charge in [-0.3, -0.25) is 0 Å². The van der Waals surface area contributed by atoms with Gasteiger partial charge in [0, 0.05) is 18.7 Å². The Morgan fingerprint density at radius 2 is 1.93 bits per heavy atom. The summed E-state index contributed by atoms with van der Waals surface area (Å²) in [6.07, 6.45) is 5.71. The molecule has 0 fully saturated rings. The van der Waals surface area contributed by atoms with Gasteiger partial charge in [0.1, 0.15) is 0 Å². The van der Waals surface area contributed by atoms with Gasteiger partial charge >= 0.3 is 0 Å². The maximum atomic E-state index is 10.9. The van der Waals surface area contributed by atoms with E-state index in [-0.39, 0.29) is 4.90 Å². The number of rotatable bonds is 4. The molecule has 1 aromatic carbocycles. The zero-order valence-electron chi connectivity index (χ0n) is 8.10. The largest absolute Gasteiger partial charge is 0.384 e. The molecule has 1 aromatic rings. The maximum Gasteiger partial charge on any atom is 0.238 e. The third-order valence-electron chi connectivity index (χ3n) is 1.78. The predicted molar refractivity (Wildman–Crippen MR) is 59.8 cm³/mol. The van der Waals surface area contributed by atoms with Crippen molar-refractivity contribution in [1.82, 2.24) is 0 Å². The Morgan fingerprint density at radius 1 is 1.33 bits per heavy atom. The minimum absolute atomic E-state index is 0.102. The van der Waals surface area contributed by atoms with Gasteiger partial charge < -0.3 is 5.32 Å². The summed E-state index contributed by atoms with van der Waals surface area (Å²) < 4.78 is 21.9. The van der Waals surface area contributed by atoms with Crippen molar-refractivity contribution in [2.45, 2.75) is 11.3 Å². The Bertz CT molecular complexity index is 457. The molecule has 0 aromatic heterocycles. The Labute approximate surface area is 89.5 Å². The summed E-state index contributed by atoms with van der Waals surface area (Å²) in [5.74, 6) is 2.50. The van der Waals surface area contributed by atoms with Crippen molar-refractivity contribution in [2.24, 2.45) is 5.14 Å². The van der Waals surface area contributed by atoms with Gasteiger partial charge in [0.05, 0.1) is 4.90 Å². The van der Waals surface area contributed by atoms with Crippen LogP contribution in [0.25, 0.3) is 0 Å². The first-order valence-corrected chi connectivity index (χ1v) is 5.89. The normalized spacial score (nSPS) is 10.7. The van der Waals surface area contributed by atoms with Crippen molar-refractivity contribution < 1.29 is 8.42 Å². The van der Waals surface area contributed by atoms with Crippen LogP contribution in [-0.4, -0.2) is 15.0 Å². The van der Waals surface area contributed by atoms with Gasteiger partial charge in [-0.05, 0) is 24.3 Å². The second-order valence-corrected chi connectivity index (χ2v) is 4.51. The average Bonchev–Trinajstić information content (AvgIpc) is 2.18. The standard InChI is InChI=1S/C10H12N2O2S/c1-2-3-8-12-9-4-6-10(7-5-9)15(11,13)14/h1,4-7,12H,3,8H2,(H2,11,13,14). The van der Waals surface area contributed by atoms with Gasteiger partial charge in [0.2, 0.25) is 10.0 Å². The molecule has 0 aliphatic heterocycles. The highest BCUT2D eigenvalue weighted by atomic mass is 32.2. The van der Waals surface area contributed by atoms with E-state index in [2.05, 4.69) is 11.2 Å². The number of nitrogens with two attached hydrogens (primary N) is 1. The lowest BCUT2D eigenvalue weighted by Gasteiger charge is -2.04. The summed E-state index contributed by atoms with van der Waals surface area (Å²) in [4.78, 5) is 0.102. The molecule has 80 valence electrons. The molecule has 0 unspecified atom stereocenters. The molecule has 5 heteroatoms. The van der Waals surface area contributed by atoms with Crippen LogP contribution in [0.15, 0.2) is 29.2 Å². The first kappa shape index (κ1) is 11.6. The third-order valence-corrected chi connectivity index (χ3v) is 2.71. The molecule has 0 radical (unpaired) electrons. The van der Waals surface area contributed by atoms with E-state index in [1.165, 1.54) is 12.1 Å². The molecule has 15 heavy (non-hydrogen) atoms. The van der Waals surface area contributed by atoms with Gasteiger partial charge in [-0.25, -0.2) is 13.6 Å². The molecule has 0 amide bonds. The lowest BCUT2D eigenvalue weighted by Crippen LogP contribution is -2.12.